The highest BCUT2D eigenvalue weighted by Crippen LogP contribution is 2.29. The van der Waals surface area contributed by atoms with Crippen LogP contribution in [-0.2, 0) is 9.47 Å². The molecule has 0 N–H and O–H groups in total. The molecule has 0 saturated carbocycles. The predicted molar refractivity (Wildman–Crippen MR) is 112 cm³/mol. The summed E-state index contributed by atoms with van der Waals surface area (Å²) in [4.78, 5) is 9.29. The van der Waals surface area contributed by atoms with Gasteiger partial charge in [-0.1, -0.05) is 6.07 Å². The molecule has 5 rings (SSSR count). The molecule has 1 aliphatic rings. The Kier molecular flexibility index (Phi) is 5.06. The van der Waals surface area contributed by atoms with Gasteiger partial charge in [0.2, 0.25) is 5.82 Å². The van der Waals surface area contributed by atoms with E-state index in [1.165, 1.54) is 0 Å². The predicted octanol–water partition coefficient (Wildman–Crippen LogP) is 4.64. The fourth-order valence-electron chi connectivity index (χ4n) is 3.84. The molecule has 3 aromatic heterocycles. The van der Waals surface area contributed by atoms with Crippen LogP contribution >= 0.6 is 0 Å². The summed E-state index contributed by atoms with van der Waals surface area (Å²) in [6.07, 6.45) is 5.45. The third-order valence-electron chi connectivity index (χ3n) is 5.47. The summed E-state index contributed by atoms with van der Waals surface area (Å²) in [5.41, 5.74) is 2.80. The van der Waals surface area contributed by atoms with Crippen molar-refractivity contribution in [2.45, 2.75) is 38.9 Å². The monoisotopic (exact) mass is 404 g/mol. The second-order valence-electron chi connectivity index (χ2n) is 7.60. The largest absolute Gasteiger partial charge is 0.461 e. The van der Waals surface area contributed by atoms with E-state index in [1.54, 1.807) is 12.5 Å². The molecular weight excluding hydrogens is 380 g/mol. The van der Waals surface area contributed by atoms with Crippen LogP contribution in [0.4, 0.5) is 0 Å². The van der Waals surface area contributed by atoms with Gasteiger partial charge < -0.3 is 13.9 Å². The molecule has 0 radical (unpaired) electrons. The van der Waals surface area contributed by atoms with E-state index in [0.717, 1.165) is 47.4 Å². The summed E-state index contributed by atoms with van der Waals surface area (Å²) in [7, 11) is 0. The number of hydrogen-bond donors (Lipinski definition) is 0. The van der Waals surface area contributed by atoms with E-state index < -0.39 is 0 Å². The van der Waals surface area contributed by atoms with Gasteiger partial charge in [0, 0.05) is 18.2 Å². The molecule has 1 fully saturated rings. The van der Waals surface area contributed by atoms with Crippen LogP contribution in [0.15, 0.2) is 53.3 Å². The SMILES string of the molecule is Cc1ccoc1-c1nc(C(C)OCC2CCCO2)n(-c2cccc3ncccc23)n1. The van der Waals surface area contributed by atoms with Gasteiger partial charge >= 0.3 is 0 Å². The Hall–Kier alpha value is -3.03. The van der Waals surface area contributed by atoms with Gasteiger partial charge in [-0.05, 0) is 62.6 Å². The zero-order chi connectivity index (χ0) is 20.5. The van der Waals surface area contributed by atoms with E-state index in [2.05, 4.69) is 4.98 Å². The number of benzene rings is 1. The van der Waals surface area contributed by atoms with Gasteiger partial charge in [0.25, 0.3) is 0 Å². The highest BCUT2D eigenvalue weighted by atomic mass is 16.5. The molecule has 1 saturated heterocycles. The number of rotatable bonds is 6. The van der Waals surface area contributed by atoms with Crippen molar-refractivity contribution < 1.29 is 13.9 Å². The minimum Gasteiger partial charge on any atom is -0.461 e. The molecule has 0 amide bonds. The van der Waals surface area contributed by atoms with E-state index in [-0.39, 0.29) is 12.2 Å². The first-order valence-corrected chi connectivity index (χ1v) is 10.3. The van der Waals surface area contributed by atoms with Gasteiger partial charge in [-0.2, -0.15) is 0 Å². The number of nitrogens with zero attached hydrogens (tertiary/aromatic N) is 4. The number of fused-ring (bicyclic) bond motifs is 1. The van der Waals surface area contributed by atoms with Crippen LogP contribution in [0.5, 0.6) is 0 Å². The molecule has 0 bridgehead atoms. The lowest BCUT2D eigenvalue weighted by molar-refractivity contribution is -0.0183. The first-order valence-electron chi connectivity index (χ1n) is 10.3. The molecule has 4 aromatic rings. The number of aromatic nitrogens is 4. The number of furan rings is 1. The summed E-state index contributed by atoms with van der Waals surface area (Å²) in [5.74, 6) is 1.93. The summed E-state index contributed by atoms with van der Waals surface area (Å²) in [6, 6.07) is 11.9. The molecule has 30 heavy (non-hydrogen) atoms. The topological polar surface area (TPSA) is 75.2 Å². The van der Waals surface area contributed by atoms with Gasteiger partial charge in [-0.3, -0.25) is 4.98 Å². The molecule has 4 heterocycles. The highest BCUT2D eigenvalue weighted by Gasteiger charge is 2.24. The Morgan fingerprint density at radius 3 is 2.97 bits per heavy atom. The standard InChI is InChI=1S/C23H24N4O3/c1-15-10-13-29-21(15)22-25-23(16(2)30-14-17-6-5-12-28-17)27(26-22)20-9-3-8-19-18(20)7-4-11-24-19/h3-4,7-11,13,16-17H,5-6,12,14H2,1-2H3. The van der Waals surface area contributed by atoms with Crippen molar-refractivity contribution in [3.63, 3.8) is 0 Å². The molecule has 0 spiro atoms. The zero-order valence-electron chi connectivity index (χ0n) is 17.1. The first kappa shape index (κ1) is 19.0. The third kappa shape index (κ3) is 3.51. The van der Waals surface area contributed by atoms with Gasteiger partial charge in [0.15, 0.2) is 11.6 Å². The van der Waals surface area contributed by atoms with Crippen LogP contribution in [0.2, 0.25) is 0 Å². The van der Waals surface area contributed by atoms with Crippen LogP contribution < -0.4 is 0 Å². The zero-order valence-corrected chi connectivity index (χ0v) is 17.1. The maximum absolute atomic E-state index is 6.15. The Morgan fingerprint density at radius 1 is 1.23 bits per heavy atom. The molecule has 7 heteroatoms. The van der Waals surface area contributed by atoms with Crippen molar-refractivity contribution in [2.75, 3.05) is 13.2 Å². The van der Waals surface area contributed by atoms with Gasteiger partial charge in [-0.15, -0.1) is 5.10 Å². The lowest BCUT2D eigenvalue weighted by atomic mass is 10.2. The third-order valence-corrected chi connectivity index (χ3v) is 5.47. The highest BCUT2D eigenvalue weighted by molar-refractivity contribution is 5.87. The van der Waals surface area contributed by atoms with Crippen molar-refractivity contribution in [3.05, 3.63) is 60.2 Å². The van der Waals surface area contributed by atoms with Crippen molar-refractivity contribution in [1.82, 2.24) is 19.7 Å². The Labute approximate surface area is 174 Å². The van der Waals surface area contributed by atoms with Crippen LogP contribution in [0.25, 0.3) is 28.2 Å². The molecule has 7 nitrogen and oxygen atoms in total. The van der Waals surface area contributed by atoms with E-state index in [4.69, 9.17) is 24.0 Å². The number of pyridine rings is 1. The number of hydrogen-bond acceptors (Lipinski definition) is 6. The minimum absolute atomic E-state index is 0.150. The smallest absolute Gasteiger partial charge is 0.217 e. The Morgan fingerprint density at radius 2 is 2.17 bits per heavy atom. The summed E-state index contributed by atoms with van der Waals surface area (Å²) in [6.45, 7) is 5.33. The fourth-order valence-corrected chi connectivity index (χ4v) is 3.84. The minimum atomic E-state index is -0.266. The van der Waals surface area contributed by atoms with E-state index >= 15 is 0 Å². The van der Waals surface area contributed by atoms with Crippen LogP contribution in [0.1, 0.15) is 37.3 Å². The van der Waals surface area contributed by atoms with Crippen LogP contribution in [0.3, 0.4) is 0 Å². The van der Waals surface area contributed by atoms with Crippen molar-refractivity contribution in [1.29, 1.82) is 0 Å². The summed E-state index contributed by atoms with van der Waals surface area (Å²) >= 11 is 0. The number of ether oxygens (including phenoxy) is 2. The van der Waals surface area contributed by atoms with Crippen molar-refractivity contribution in [3.8, 4) is 17.3 Å². The van der Waals surface area contributed by atoms with Crippen molar-refractivity contribution in [2.24, 2.45) is 0 Å². The second kappa shape index (κ2) is 8.01. The summed E-state index contributed by atoms with van der Waals surface area (Å²) < 4.78 is 19.4. The van der Waals surface area contributed by atoms with Gasteiger partial charge in [0.1, 0.15) is 6.10 Å². The maximum Gasteiger partial charge on any atom is 0.217 e. The second-order valence-corrected chi connectivity index (χ2v) is 7.60. The maximum atomic E-state index is 6.15. The molecule has 2 unspecified atom stereocenters. The first-order chi connectivity index (χ1) is 14.7. The molecule has 0 aliphatic carbocycles. The lowest BCUT2D eigenvalue weighted by Gasteiger charge is -2.17. The van der Waals surface area contributed by atoms with E-state index in [1.807, 2.05) is 54.9 Å². The fraction of sp³-hybridized carbons (Fsp3) is 0.348. The summed E-state index contributed by atoms with van der Waals surface area (Å²) in [5, 5.41) is 5.81. The lowest BCUT2D eigenvalue weighted by Crippen LogP contribution is -2.18. The average Bonchev–Trinajstić information content (AvgIpc) is 3.52. The Balaban J connectivity index is 1.57. The van der Waals surface area contributed by atoms with Crippen LogP contribution in [0, 0.1) is 6.92 Å². The van der Waals surface area contributed by atoms with Gasteiger partial charge in [0.05, 0.1) is 30.2 Å². The van der Waals surface area contributed by atoms with Crippen LogP contribution in [-0.4, -0.2) is 39.1 Å². The molecule has 1 aliphatic heterocycles. The molecule has 154 valence electrons. The quantitative estimate of drug-likeness (QED) is 0.466. The van der Waals surface area contributed by atoms with E-state index in [0.29, 0.717) is 18.2 Å². The molecular formula is C23H24N4O3. The van der Waals surface area contributed by atoms with Gasteiger partial charge in [-0.25, -0.2) is 9.67 Å². The average molecular weight is 404 g/mol. The normalized spacial score (nSPS) is 17.6. The Bertz CT molecular complexity index is 1150. The van der Waals surface area contributed by atoms with Crippen molar-refractivity contribution >= 4 is 10.9 Å². The number of aryl methyl sites for hydroxylation is 1. The van der Waals surface area contributed by atoms with E-state index in [9.17, 15) is 0 Å². The molecule has 1 aromatic carbocycles. The molecule has 2 atom stereocenters.